The van der Waals surface area contributed by atoms with E-state index in [4.69, 9.17) is 16.3 Å². The van der Waals surface area contributed by atoms with Crippen LogP contribution >= 0.6 is 11.6 Å². The lowest BCUT2D eigenvalue weighted by Crippen LogP contribution is -2.43. The number of carbonyl (C=O) groups is 2. The molecular formula is C22H16ClN2O4-. The van der Waals surface area contributed by atoms with Crippen LogP contribution in [0.4, 0.5) is 11.4 Å². The molecule has 0 saturated carbocycles. The van der Waals surface area contributed by atoms with Crippen molar-refractivity contribution >= 4 is 34.9 Å². The third kappa shape index (κ3) is 3.75. The standard InChI is InChI=1S/C22H17ClN2O4/c23-14-9-11-15(12-10-14)25-21(24-18-7-3-1-5-16(18)22(25)28)17-6-2-4-8-19(17)29-13-20(26)27/h1-12,21,24H,13H2,(H,26,27)/p-1/t21-/m1/s1. The minimum atomic E-state index is -1.33. The van der Waals surface area contributed by atoms with E-state index in [-0.39, 0.29) is 5.91 Å². The topological polar surface area (TPSA) is 81.7 Å². The van der Waals surface area contributed by atoms with Gasteiger partial charge in [-0.25, -0.2) is 0 Å². The first-order valence-corrected chi connectivity index (χ1v) is 9.28. The molecule has 0 unspecified atom stereocenters. The van der Waals surface area contributed by atoms with Gasteiger partial charge in [0.15, 0.2) is 0 Å². The number of nitrogens with one attached hydrogen (secondary N) is 1. The van der Waals surface area contributed by atoms with E-state index in [2.05, 4.69) is 5.32 Å². The number of carboxylic acid groups (broad SMARTS) is 1. The summed E-state index contributed by atoms with van der Waals surface area (Å²) in [6.07, 6.45) is -0.614. The fourth-order valence-corrected chi connectivity index (χ4v) is 3.44. The Kier molecular flexibility index (Phi) is 5.10. The Hall–Kier alpha value is -3.51. The number of para-hydroxylation sites is 2. The Morgan fingerprint density at radius 2 is 1.72 bits per heavy atom. The molecule has 1 heterocycles. The third-order valence-corrected chi connectivity index (χ3v) is 4.84. The molecule has 1 N–H and O–H groups in total. The van der Waals surface area contributed by atoms with E-state index in [1.807, 2.05) is 12.1 Å². The molecule has 0 spiro atoms. The maximum Gasteiger partial charge on any atom is 0.262 e. The predicted octanol–water partition coefficient (Wildman–Crippen LogP) is 3.24. The van der Waals surface area contributed by atoms with E-state index in [1.165, 1.54) is 0 Å². The quantitative estimate of drug-likeness (QED) is 0.702. The molecular weight excluding hydrogens is 392 g/mol. The summed E-state index contributed by atoms with van der Waals surface area (Å²) < 4.78 is 5.42. The molecule has 0 bridgehead atoms. The van der Waals surface area contributed by atoms with Crippen LogP contribution < -0.4 is 20.1 Å². The first-order chi connectivity index (χ1) is 14.0. The molecule has 0 fully saturated rings. The fourth-order valence-electron chi connectivity index (χ4n) is 3.31. The second-order valence-electron chi connectivity index (χ2n) is 6.44. The Balaban J connectivity index is 1.82. The van der Waals surface area contributed by atoms with Crippen molar-refractivity contribution in [3.05, 3.63) is 88.9 Å². The summed E-state index contributed by atoms with van der Waals surface area (Å²) in [7, 11) is 0. The van der Waals surface area contributed by atoms with Crippen LogP contribution in [0.5, 0.6) is 5.75 Å². The van der Waals surface area contributed by atoms with Gasteiger partial charge < -0.3 is 20.0 Å². The Bertz CT molecular complexity index is 1070. The molecule has 1 aliphatic heterocycles. The Morgan fingerprint density at radius 3 is 2.48 bits per heavy atom. The smallest absolute Gasteiger partial charge is 0.262 e. The van der Waals surface area contributed by atoms with Gasteiger partial charge in [0.2, 0.25) is 0 Å². The van der Waals surface area contributed by atoms with E-state index in [0.717, 1.165) is 0 Å². The van der Waals surface area contributed by atoms with Crippen LogP contribution in [-0.4, -0.2) is 18.5 Å². The molecule has 146 valence electrons. The number of benzene rings is 3. The van der Waals surface area contributed by atoms with Gasteiger partial charge in [-0.3, -0.25) is 9.69 Å². The number of ether oxygens (including phenoxy) is 1. The van der Waals surface area contributed by atoms with Gasteiger partial charge in [0.05, 0.1) is 11.5 Å². The summed E-state index contributed by atoms with van der Waals surface area (Å²) in [6, 6.07) is 21.1. The number of fused-ring (bicyclic) bond motifs is 1. The highest BCUT2D eigenvalue weighted by Crippen LogP contribution is 2.39. The highest BCUT2D eigenvalue weighted by atomic mass is 35.5. The van der Waals surface area contributed by atoms with Crippen LogP contribution in [0.1, 0.15) is 22.1 Å². The van der Waals surface area contributed by atoms with Gasteiger partial charge in [-0.15, -0.1) is 0 Å². The van der Waals surface area contributed by atoms with Gasteiger partial charge >= 0.3 is 0 Å². The Morgan fingerprint density at radius 1 is 1.03 bits per heavy atom. The van der Waals surface area contributed by atoms with Crippen LogP contribution in [0.15, 0.2) is 72.8 Å². The van der Waals surface area contributed by atoms with Crippen LogP contribution in [-0.2, 0) is 4.79 Å². The van der Waals surface area contributed by atoms with Crippen molar-refractivity contribution in [1.82, 2.24) is 0 Å². The number of rotatable bonds is 5. The second-order valence-corrected chi connectivity index (χ2v) is 6.88. The maximum atomic E-state index is 13.4. The van der Waals surface area contributed by atoms with Crippen molar-refractivity contribution in [2.24, 2.45) is 0 Å². The first kappa shape index (κ1) is 18.8. The Labute approximate surface area is 172 Å². The zero-order chi connectivity index (χ0) is 20.4. The molecule has 3 aromatic rings. The van der Waals surface area contributed by atoms with Gasteiger partial charge in [-0.05, 0) is 42.5 Å². The molecule has 7 heteroatoms. The van der Waals surface area contributed by atoms with Crippen molar-refractivity contribution < 1.29 is 19.4 Å². The van der Waals surface area contributed by atoms with Gasteiger partial charge in [-0.1, -0.05) is 41.9 Å². The molecule has 29 heavy (non-hydrogen) atoms. The van der Waals surface area contributed by atoms with Crippen molar-refractivity contribution in [3.63, 3.8) is 0 Å². The zero-order valence-corrected chi connectivity index (χ0v) is 15.9. The first-order valence-electron chi connectivity index (χ1n) is 8.91. The molecule has 0 saturated heterocycles. The number of amides is 1. The van der Waals surface area contributed by atoms with Crippen molar-refractivity contribution in [2.75, 3.05) is 16.8 Å². The number of carbonyl (C=O) groups excluding carboxylic acids is 2. The van der Waals surface area contributed by atoms with Crippen LogP contribution in [0.25, 0.3) is 0 Å². The molecule has 0 radical (unpaired) electrons. The molecule has 1 atom stereocenters. The SMILES string of the molecule is O=C([O-])COc1ccccc1[C@@H]1Nc2ccccc2C(=O)N1c1ccc(Cl)cc1. The summed E-state index contributed by atoms with van der Waals surface area (Å²) in [5.41, 5.74) is 2.47. The minimum absolute atomic E-state index is 0.193. The number of nitrogens with zero attached hydrogens (tertiary/aromatic N) is 1. The van der Waals surface area contributed by atoms with Gasteiger partial charge in [0.1, 0.15) is 18.5 Å². The summed E-state index contributed by atoms with van der Waals surface area (Å²) in [4.78, 5) is 25.8. The summed E-state index contributed by atoms with van der Waals surface area (Å²) >= 11 is 6.02. The lowest BCUT2D eigenvalue weighted by molar-refractivity contribution is -0.307. The van der Waals surface area contributed by atoms with Crippen LogP contribution in [0.2, 0.25) is 5.02 Å². The van der Waals surface area contributed by atoms with E-state index in [0.29, 0.717) is 33.3 Å². The molecule has 0 aromatic heterocycles. The number of aliphatic carboxylic acids is 1. The average molecular weight is 408 g/mol. The highest BCUT2D eigenvalue weighted by molar-refractivity contribution is 6.30. The maximum absolute atomic E-state index is 13.4. The molecule has 1 amide bonds. The summed E-state index contributed by atoms with van der Waals surface area (Å²) in [5.74, 6) is -1.17. The van der Waals surface area contributed by atoms with E-state index in [1.54, 1.807) is 65.6 Å². The molecule has 6 nitrogen and oxygen atoms in total. The van der Waals surface area contributed by atoms with Gasteiger partial charge in [0.25, 0.3) is 5.91 Å². The number of hydrogen-bond acceptors (Lipinski definition) is 5. The molecule has 3 aromatic carbocycles. The van der Waals surface area contributed by atoms with E-state index < -0.39 is 18.7 Å². The van der Waals surface area contributed by atoms with Gasteiger partial charge in [0, 0.05) is 22.0 Å². The lowest BCUT2D eigenvalue weighted by atomic mass is 10.0. The minimum Gasteiger partial charge on any atom is -0.546 e. The molecule has 0 aliphatic carbocycles. The van der Waals surface area contributed by atoms with Crippen molar-refractivity contribution in [3.8, 4) is 5.75 Å². The number of anilines is 2. The van der Waals surface area contributed by atoms with E-state index in [9.17, 15) is 14.7 Å². The van der Waals surface area contributed by atoms with E-state index >= 15 is 0 Å². The average Bonchev–Trinajstić information content (AvgIpc) is 2.73. The predicted molar refractivity (Wildman–Crippen MR) is 108 cm³/mol. The second kappa shape index (κ2) is 7.85. The summed E-state index contributed by atoms with van der Waals surface area (Å²) in [5, 5.41) is 14.8. The third-order valence-electron chi connectivity index (χ3n) is 4.59. The normalized spacial score (nSPS) is 15.4. The number of halogens is 1. The van der Waals surface area contributed by atoms with Crippen LogP contribution in [0, 0.1) is 0 Å². The van der Waals surface area contributed by atoms with Crippen molar-refractivity contribution in [2.45, 2.75) is 6.17 Å². The van der Waals surface area contributed by atoms with Crippen LogP contribution in [0.3, 0.4) is 0 Å². The highest BCUT2D eigenvalue weighted by Gasteiger charge is 2.35. The molecule has 4 rings (SSSR count). The largest absolute Gasteiger partial charge is 0.546 e. The summed E-state index contributed by atoms with van der Waals surface area (Å²) in [6.45, 7) is -0.588. The van der Waals surface area contributed by atoms with Gasteiger partial charge in [-0.2, -0.15) is 0 Å². The fraction of sp³-hybridized carbons (Fsp3) is 0.0909. The molecule has 1 aliphatic rings. The van der Waals surface area contributed by atoms with Crippen molar-refractivity contribution in [1.29, 1.82) is 0 Å². The number of carboxylic acids is 1. The monoisotopic (exact) mass is 407 g/mol. The zero-order valence-electron chi connectivity index (χ0n) is 15.2. The number of hydrogen-bond donors (Lipinski definition) is 1. The lowest BCUT2D eigenvalue weighted by Gasteiger charge is -2.38.